The number of hydrogen-bond acceptors (Lipinski definition) is 11. The molecule has 2 aliphatic heterocycles. The van der Waals surface area contributed by atoms with Gasteiger partial charge in [0.15, 0.2) is 11.6 Å². The minimum atomic E-state index is -0.999. The molecule has 0 radical (unpaired) electrons. The topological polar surface area (TPSA) is 132 Å². The molecule has 1 N–H and O–H groups in total. The van der Waals surface area contributed by atoms with Crippen LogP contribution in [0.25, 0.3) is 32.2 Å². The van der Waals surface area contributed by atoms with Crippen molar-refractivity contribution in [1.82, 2.24) is 19.9 Å². The molecule has 46 heavy (non-hydrogen) atoms. The second-order valence-corrected chi connectivity index (χ2v) is 13.1. The molecule has 0 spiro atoms. The molecule has 0 saturated carbocycles. The van der Waals surface area contributed by atoms with Crippen molar-refractivity contribution < 1.29 is 36.9 Å². The standard InChI is InChI=1S/C31H31F3N6O5S/c1-31(2,3)45-30(41)39-28-17(8-35)23-26(36-10-21(33)27(23)46-28)22-20-14-43-13-19(20)18-9-37-29(38-25(18)24(22)34)44-12-16-7-15(32)11-40(16)5-6-42-4/h9-10,15-16H,5-7,11-14H2,1-4H3,(H,39,41)/t15-,16-/m0/s1. The zero-order chi connectivity index (χ0) is 32.7. The molecule has 3 aromatic heterocycles. The van der Waals surface area contributed by atoms with Gasteiger partial charge < -0.3 is 18.9 Å². The Morgan fingerprint density at radius 2 is 2.02 bits per heavy atom. The number of benzene rings is 1. The van der Waals surface area contributed by atoms with Crippen molar-refractivity contribution in [2.24, 2.45) is 0 Å². The van der Waals surface area contributed by atoms with Crippen molar-refractivity contribution >= 4 is 43.4 Å². The third kappa shape index (κ3) is 6.05. The maximum absolute atomic E-state index is 16.7. The number of pyridine rings is 1. The van der Waals surface area contributed by atoms with Crippen LogP contribution in [0.4, 0.5) is 23.0 Å². The van der Waals surface area contributed by atoms with Gasteiger partial charge >= 0.3 is 12.1 Å². The van der Waals surface area contributed by atoms with Gasteiger partial charge in [-0.2, -0.15) is 10.2 Å². The minimum absolute atomic E-state index is 0.00241. The maximum atomic E-state index is 16.7. The first-order chi connectivity index (χ1) is 22.0. The van der Waals surface area contributed by atoms with E-state index in [-0.39, 0.29) is 82.3 Å². The van der Waals surface area contributed by atoms with E-state index < -0.39 is 29.5 Å². The molecular formula is C31H31F3N6O5S. The summed E-state index contributed by atoms with van der Waals surface area (Å²) in [5.74, 6) is -1.53. The van der Waals surface area contributed by atoms with E-state index in [0.29, 0.717) is 29.7 Å². The van der Waals surface area contributed by atoms with Gasteiger partial charge in [-0.15, -0.1) is 11.3 Å². The van der Waals surface area contributed by atoms with E-state index >= 15 is 8.78 Å². The molecule has 11 nitrogen and oxygen atoms in total. The first-order valence-corrected chi connectivity index (χ1v) is 15.4. The van der Waals surface area contributed by atoms with E-state index in [2.05, 4.69) is 20.3 Å². The number of amides is 1. The molecule has 2 aliphatic rings. The normalized spacial score (nSPS) is 18.2. The van der Waals surface area contributed by atoms with Crippen LogP contribution in [0.1, 0.15) is 43.9 Å². The Morgan fingerprint density at radius 1 is 1.24 bits per heavy atom. The number of hydrogen-bond donors (Lipinski definition) is 1. The number of nitrogens with one attached hydrogen (secondary N) is 1. The number of anilines is 1. The lowest BCUT2D eigenvalue weighted by Gasteiger charge is -2.23. The summed E-state index contributed by atoms with van der Waals surface area (Å²) < 4.78 is 68.0. The van der Waals surface area contributed by atoms with Crippen molar-refractivity contribution in [3.63, 3.8) is 0 Å². The first-order valence-electron chi connectivity index (χ1n) is 14.6. The first kappa shape index (κ1) is 31.9. The molecule has 6 rings (SSSR count). The Labute approximate surface area is 266 Å². The average Bonchev–Trinajstić information content (AvgIpc) is 3.72. The Morgan fingerprint density at radius 3 is 2.76 bits per heavy atom. The number of ether oxygens (including phenoxy) is 4. The quantitative estimate of drug-likeness (QED) is 0.246. The van der Waals surface area contributed by atoms with Crippen LogP contribution in [-0.4, -0.2) is 77.2 Å². The molecule has 0 bridgehead atoms. The fourth-order valence-electron chi connectivity index (χ4n) is 5.81. The number of nitriles is 1. The number of carbonyl (C=O) groups excluding carboxylic acids is 1. The predicted molar refractivity (Wildman–Crippen MR) is 163 cm³/mol. The molecule has 1 saturated heterocycles. The molecule has 0 aliphatic carbocycles. The van der Waals surface area contributed by atoms with E-state index in [9.17, 15) is 14.4 Å². The van der Waals surface area contributed by atoms with Crippen LogP contribution in [0.5, 0.6) is 6.01 Å². The highest BCUT2D eigenvalue weighted by atomic mass is 32.1. The number of aromatic nitrogens is 3. The largest absolute Gasteiger partial charge is 0.462 e. The monoisotopic (exact) mass is 656 g/mol. The highest BCUT2D eigenvalue weighted by molar-refractivity contribution is 7.23. The van der Waals surface area contributed by atoms with Gasteiger partial charge in [0.2, 0.25) is 0 Å². The van der Waals surface area contributed by atoms with Crippen molar-refractivity contribution in [1.29, 1.82) is 5.26 Å². The molecule has 0 unspecified atom stereocenters. The number of halogens is 3. The summed E-state index contributed by atoms with van der Waals surface area (Å²) in [5, 5.41) is 13.1. The van der Waals surface area contributed by atoms with Crippen LogP contribution in [0, 0.1) is 23.0 Å². The molecule has 15 heteroatoms. The lowest BCUT2D eigenvalue weighted by Crippen LogP contribution is -2.36. The molecule has 1 fully saturated rings. The number of carbonyl (C=O) groups is 1. The Kier molecular flexibility index (Phi) is 8.73. The molecule has 5 heterocycles. The van der Waals surface area contributed by atoms with Gasteiger partial charge in [-0.3, -0.25) is 15.2 Å². The van der Waals surface area contributed by atoms with Crippen molar-refractivity contribution in [3.05, 3.63) is 40.7 Å². The summed E-state index contributed by atoms with van der Waals surface area (Å²) in [6.07, 6.45) is 0.847. The summed E-state index contributed by atoms with van der Waals surface area (Å²) in [6, 6.07) is 1.68. The van der Waals surface area contributed by atoms with E-state index in [1.807, 2.05) is 11.0 Å². The van der Waals surface area contributed by atoms with Gasteiger partial charge in [0.1, 0.15) is 35.0 Å². The van der Waals surface area contributed by atoms with Crippen LogP contribution in [-0.2, 0) is 27.4 Å². The highest BCUT2D eigenvalue weighted by Crippen LogP contribution is 2.45. The Hall–Kier alpha value is -4.10. The van der Waals surface area contributed by atoms with Crippen molar-refractivity contribution in [2.75, 3.05) is 38.7 Å². The molecular weight excluding hydrogens is 625 g/mol. The SMILES string of the molecule is COCCN1C[C@@H](F)C[C@H]1COc1ncc2c3c(c(-c4ncc(F)c5sc(NC(=O)OC(C)(C)C)c(C#N)c45)c(F)c2n1)COC3. The van der Waals surface area contributed by atoms with Crippen LogP contribution < -0.4 is 10.1 Å². The smallest absolute Gasteiger partial charge is 0.412 e. The summed E-state index contributed by atoms with van der Waals surface area (Å²) in [4.78, 5) is 27.4. The molecule has 1 aromatic carbocycles. The summed E-state index contributed by atoms with van der Waals surface area (Å²) in [5.41, 5.74) is 0.101. The lowest BCUT2D eigenvalue weighted by atomic mass is 9.94. The summed E-state index contributed by atoms with van der Waals surface area (Å²) in [7, 11) is 1.58. The van der Waals surface area contributed by atoms with Crippen LogP contribution in [0.3, 0.4) is 0 Å². The third-order valence-electron chi connectivity index (χ3n) is 7.77. The average molecular weight is 657 g/mol. The van der Waals surface area contributed by atoms with Crippen LogP contribution >= 0.6 is 11.3 Å². The van der Waals surface area contributed by atoms with E-state index in [4.69, 9.17) is 18.9 Å². The number of alkyl halides is 1. The second-order valence-electron chi connectivity index (χ2n) is 12.0. The number of rotatable bonds is 8. The maximum Gasteiger partial charge on any atom is 0.412 e. The number of likely N-dealkylation sites (tertiary alicyclic amines) is 1. The lowest BCUT2D eigenvalue weighted by molar-refractivity contribution is 0.0636. The molecule has 2 atom stereocenters. The summed E-state index contributed by atoms with van der Waals surface area (Å²) >= 11 is 0.820. The third-order valence-corrected chi connectivity index (χ3v) is 8.89. The number of thiophene rings is 1. The van der Waals surface area contributed by atoms with Gasteiger partial charge in [-0.25, -0.2) is 22.9 Å². The van der Waals surface area contributed by atoms with Gasteiger partial charge in [0.25, 0.3) is 0 Å². The fourth-order valence-corrected chi connectivity index (χ4v) is 6.85. The molecule has 4 aromatic rings. The van der Waals surface area contributed by atoms with Gasteiger partial charge in [-0.05, 0) is 38.3 Å². The van der Waals surface area contributed by atoms with E-state index in [0.717, 1.165) is 17.5 Å². The summed E-state index contributed by atoms with van der Waals surface area (Å²) in [6.45, 7) is 6.56. The zero-order valence-electron chi connectivity index (χ0n) is 25.6. The number of nitrogens with zero attached hydrogens (tertiary/aromatic N) is 5. The number of methoxy groups -OCH3 is 1. The minimum Gasteiger partial charge on any atom is -0.462 e. The fraction of sp³-hybridized carbons (Fsp3) is 0.452. The van der Waals surface area contributed by atoms with E-state index in [1.54, 1.807) is 27.9 Å². The molecule has 242 valence electrons. The zero-order valence-corrected chi connectivity index (χ0v) is 26.4. The van der Waals surface area contributed by atoms with Crippen LogP contribution in [0.15, 0.2) is 12.4 Å². The Balaban J connectivity index is 1.42. The van der Waals surface area contributed by atoms with Crippen molar-refractivity contribution in [3.8, 4) is 23.3 Å². The molecule has 1 amide bonds. The predicted octanol–water partition coefficient (Wildman–Crippen LogP) is 5.87. The Bertz CT molecular complexity index is 1870. The van der Waals surface area contributed by atoms with Gasteiger partial charge in [0.05, 0.1) is 42.0 Å². The second kappa shape index (κ2) is 12.6. The highest BCUT2D eigenvalue weighted by Gasteiger charge is 2.33. The van der Waals surface area contributed by atoms with Gasteiger partial charge in [0, 0.05) is 48.8 Å². The number of fused-ring (bicyclic) bond motifs is 4. The van der Waals surface area contributed by atoms with Crippen LogP contribution in [0.2, 0.25) is 0 Å². The van der Waals surface area contributed by atoms with Gasteiger partial charge in [-0.1, -0.05) is 0 Å². The van der Waals surface area contributed by atoms with Crippen molar-refractivity contribution in [2.45, 2.75) is 58.2 Å². The van der Waals surface area contributed by atoms with E-state index in [1.165, 1.54) is 6.20 Å².